The molecule has 1 heterocycles. The van der Waals surface area contributed by atoms with E-state index in [9.17, 15) is 9.59 Å². The highest BCUT2D eigenvalue weighted by Crippen LogP contribution is 2.31. The van der Waals surface area contributed by atoms with Gasteiger partial charge >= 0.3 is 6.03 Å². The molecule has 0 radical (unpaired) electrons. The number of piperazine rings is 1. The molecule has 1 aliphatic carbocycles. The Morgan fingerprint density at radius 2 is 1.57 bits per heavy atom. The zero-order valence-corrected chi connectivity index (χ0v) is 12.5. The maximum atomic E-state index is 12.2. The molecule has 0 spiro atoms. The van der Waals surface area contributed by atoms with Crippen LogP contribution in [0.2, 0.25) is 5.02 Å². The highest BCUT2D eigenvalue weighted by atomic mass is 35.5. The summed E-state index contributed by atoms with van der Waals surface area (Å²) in [4.78, 5) is 27.7. The van der Waals surface area contributed by atoms with Gasteiger partial charge < -0.3 is 15.1 Å². The van der Waals surface area contributed by atoms with Gasteiger partial charge in [0.25, 0.3) is 0 Å². The largest absolute Gasteiger partial charge is 0.339 e. The molecule has 112 valence electrons. The van der Waals surface area contributed by atoms with E-state index in [0.717, 1.165) is 18.5 Å². The average Bonchev–Trinajstić information content (AvgIpc) is 3.34. The number of amides is 3. The van der Waals surface area contributed by atoms with Crippen LogP contribution in [-0.2, 0) is 4.79 Å². The van der Waals surface area contributed by atoms with E-state index in [4.69, 9.17) is 11.6 Å². The molecule has 2 aliphatic rings. The molecule has 0 unspecified atom stereocenters. The number of rotatable bonds is 2. The summed E-state index contributed by atoms with van der Waals surface area (Å²) in [7, 11) is 0. The third-order valence-electron chi connectivity index (χ3n) is 3.90. The van der Waals surface area contributed by atoms with Gasteiger partial charge in [-0.25, -0.2) is 4.79 Å². The number of hydrogen-bond acceptors (Lipinski definition) is 2. The second-order valence-electron chi connectivity index (χ2n) is 5.52. The van der Waals surface area contributed by atoms with Crippen molar-refractivity contribution < 1.29 is 9.59 Å². The Hall–Kier alpha value is -1.75. The van der Waals surface area contributed by atoms with Crippen LogP contribution in [0.25, 0.3) is 0 Å². The number of urea groups is 1. The van der Waals surface area contributed by atoms with Crippen molar-refractivity contribution in [3.8, 4) is 0 Å². The fraction of sp³-hybridized carbons (Fsp3) is 0.467. The predicted molar refractivity (Wildman–Crippen MR) is 81.3 cm³/mol. The molecule has 21 heavy (non-hydrogen) atoms. The fourth-order valence-electron chi connectivity index (χ4n) is 2.45. The van der Waals surface area contributed by atoms with Gasteiger partial charge in [0, 0.05) is 42.8 Å². The number of nitrogens with one attached hydrogen (secondary N) is 1. The van der Waals surface area contributed by atoms with E-state index < -0.39 is 0 Å². The first kappa shape index (κ1) is 14.2. The lowest BCUT2D eigenvalue weighted by Crippen LogP contribution is -2.52. The molecule has 6 heteroatoms. The molecule has 1 aromatic rings. The monoisotopic (exact) mass is 307 g/mol. The first-order valence-electron chi connectivity index (χ1n) is 7.24. The Kier molecular flexibility index (Phi) is 4.01. The quantitative estimate of drug-likeness (QED) is 0.912. The normalized spacial score (nSPS) is 18.5. The van der Waals surface area contributed by atoms with E-state index in [0.29, 0.717) is 31.2 Å². The first-order chi connectivity index (χ1) is 10.1. The number of nitrogens with zero attached hydrogens (tertiary/aromatic N) is 2. The number of benzene rings is 1. The Balaban J connectivity index is 1.50. The summed E-state index contributed by atoms with van der Waals surface area (Å²) < 4.78 is 0. The Bertz CT molecular complexity index is 534. The Morgan fingerprint density at radius 1 is 1.00 bits per heavy atom. The highest BCUT2D eigenvalue weighted by molar-refractivity contribution is 6.30. The van der Waals surface area contributed by atoms with Crippen LogP contribution in [0.5, 0.6) is 0 Å². The molecule has 0 aromatic heterocycles. The van der Waals surface area contributed by atoms with E-state index in [1.54, 1.807) is 29.2 Å². The average molecular weight is 308 g/mol. The molecular formula is C15H18ClN3O2. The molecule has 1 aromatic carbocycles. The summed E-state index contributed by atoms with van der Waals surface area (Å²) in [5, 5.41) is 3.48. The van der Waals surface area contributed by atoms with Crippen LogP contribution in [0, 0.1) is 5.92 Å². The van der Waals surface area contributed by atoms with Gasteiger partial charge in [-0.1, -0.05) is 11.6 Å². The van der Waals surface area contributed by atoms with Crippen molar-refractivity contribution in [2.75, 3.05) is 31.5 Å². The van der Waals surface area contributed by atoms with Gasteiger partial charge in [-0.05, 0) is 37.1 Å². The minimum absolute atomic E-state index is 0.129. The lowest BCUT2D eigenvalue weighted by molar-refractivity contribution is -0.133. The lowest BCUT2D eigenvalue weighted by Gasteiger charge is -2.34. The highest BCUT2D eigenvalue weighted by Gasteiger charge is 2.35. The zero-order chi connectivity index (χ0) is 14.8. The summed E-state index contributed by atoms with van der Waals surface area (Å²) in [6.45, 7) is 2.42. The number of carbonyl (C=O) groups excluding carboxylic acids is 2. The van der Waals surface area contributed by atoms with E-state index in [-0.39, 0.29) is 17.9 Å². The molecule has 1 saturated carbocycles. The van der Waals surface area contributed by atoms with Crippen LogP contribution < -0.4 is 5.32 Å². The number of hydrogen-bond donors (Lipinski definition) is 1. The lowest BCUT2D eigenvalue weighted by atomic mass is 10.2. The number of carbonyl (C=O) groups is 2. The van der Waals surface area contributed by atoms with Crippen LogP contribution in [0.15, 0.2) is 24.3 Å². The van der Waals surface area contributed by atoms with Crippen molar-refractivity contribution >= 4 is 29.2 Å². The van der Waals surface area contributed by atoms with E-state index in [2.05, 4.69) is 5.32 Å². The molecule has 5 nitrogen and oxygen atoms in total. The van der Waals surface area contributed by atoms with Gasteiger partial charge in [0.05, 0.1) is 0 Å². The molecule has 1 saturated heterocycles. The Morgan fingerprint density at radius 3 is 2.14 bits per heavy atom. The molecule has 1 N–H and O–H groups in total. The van der Waals surface area contributed by atoms with Crippen LogP contribution in [0.1, 0.15) is 12.8 Å². The van der Waals surface area contributed by atoms with Crippen molar-refractivity contribution in [3.63, 3.8) is 0 Å². The first-order valence-corrected chi connectivity index (χ1v) is 7.61. The van der Waals surface area contributed by atoms with Gasteiger partial charge in [0.15, 0.2) is 0 Å². The predicted octanol–water partition coefficient (Wildman–Crippen LogP) is 2.43. The number of anilines is 1. The molecule has 3 rings (SSSR count). The topological polar surface area (TPSA) is 52.7 Å². The van der Waals surface area contributed by atoms with Crippen molar-refractivity contribution in [1.29, 1.82) is 0 Å². The summed E-state index contributed by atoms with van der Waals surface area (Å²) >= 11 is 5.81. The second kappa shape index (κ2) is 5.93. The van der Waals surface area contributed by atoms with Crippen molar-refractivity contribution in [3.05, 3.63) is 29.3 Å². The van der Waals surface area contributed by atoms with Gasteiger partial charge in [0.2, 0.25) is 5.91 Å². The van der Waals surface area contributed by atoms with E-state index >= 15 is 0 Å². The standard InChI is InChI=1S/C15H18ClN3O2/c16-12-3-5-13(6-4-12)17-15(21)19-9-7-18(8-10-19)14(20)11-1-2-11/h3-6,11H,1-2,7-10H2,(H,17,21). The minimum atomic E-state index is -0.129. The van der Waals surface area contributed by atoms with Crippen LogP contribution in [0.3, 0.4) is 0 Å². The molecule has 2 fully saturated rings. The molecular weight excluding hydrogens is 290 g/mol. The van der Waals surface area contributed by atoms with Gasteiger partial charge in [0.1, 0.15) is 0 Å². The summed E-state index contributed by atoms with van der Waals surface area (Å²) in [6.07, 6.45) is 2.05. The molecule has 0 bridgehead atoms. The molecule has 1 aliphatic heterocycles. The van der Waals surface area contributed by atoms with Crippen molar-refractivity contribution in [2.24, 2.45) is 5.92 Å². The fourth-order valence-corrected chi connectivity index (χ4v) is 2.58. The zero-order valence-electron chi connectivity index (χ0n) is 11.7. The summed E-state index contributed by atoms with van der Waals surface area (Å²) in [5.41, 5.74) is 0.723. The van der Waals surface area contributed by atoms with Crippen LogP contribution >= 0.6 is 11.6 Å². The third kappa shape index (κ3) is 3.47. The summed E-state index contributed by atoms with van der Waals surface area (Å²) in [6, 6.07) is 6.89. The van der Waals surface area contributed by atoms with Crippen LogP contribution in [0.4, 0.5) is 10.5 Å². The van der Waals surface area contributed by atoms with Gasteiger partial charge in [-0.3, -0.25) is 4.79 Å². The molecule has 0 atom stereocenters. The minimum Gasteiger partial charge on any atom is -0.339 e. The van der Waals surface area contributed by atoms with Crippen molar-refractivity contribution in [2.45, 2.75) is 12.8 Å². The van der Waals surface area contributed by atoms with E-state index in [1.165, 1.54) is 0 Å². The van der Waals surface area contributed by atoms with Crippen molar-refractivity contribution in [1.82, 2.24) is 9.80 Å². The Labute approximate surface area is 128 Å². The number of halogens is 1. The SMILES string of the molecule is O=C(Nc1ccc(Cl)cc1)N1CCN(C(=O)C2CC2)CC1. The van der Waals surface area contributed by atoms with Gasteiger partial charge in [-0.2, -0.15) is 0 Å². The van der Waals surface area contributed by atoms with Gasteiger partial charge in [-0.15, -0.1) is 0 Å². The second-order valence-corrected chi connectivity index (χ2v) is 5.96. The molecule has 3 amide bonds. The maximum absolute atomic E-state index is 12.2. The van der Waals surface area contributed by atoms with E-state index in [1.807, 2.05) is 4.90 Å². The third-order valence-corrected chi connectivity index (χ3v) is 4.15. The summed E-state index contributed by atoms with van der Waals surface area (Å²) in [5.74, 6) is 0.507. The van der Waals surface area contributed by atoms with Crippen LogP contribution in [-0.4, -0.2) is 47.9 Å². The smallest absolute Gasteiger partial charge is 0.321 e. The maximum Gasteiger partial charge on any atom is 0.321 e.